The number of hydrogen-bond donors (Lipinski definition) is 0. The number of ether oxygens (including phenoxy) is 1. The molecule has 124 valence electrons. The van der Waals surface area contributed by atoms with Crippen LogP contribution in [0, 0.1) is 11.8 Å². The topological polar surface area (TPSA) is 12.2 Å². The van der Waals surface area contributed by atoms with Gasteiger partial charge in [0.15, 0.2) is 0 Å². The van der Waals surface area contributed by atoms with Crippen molar-refractivity contribution in [2.45, 2.75) is 65.1 Å². The molecule has 0 aliphatic carbocycles. The van der Waals surface area contributed by atoms with Gasteiger partial charge >= 0.3 is 0 Å². The van der Waals surface area contributed by atoms with Crippen LogP contribution in [-0.4, -0.2) is 30.2 Å². The van der Waals surface area contributed by atoms with Crippen LogP contribution in [0.4, 0.5) is 0 Å². The van der Waals surface area contributed by atoms with Crippen molar-refractivity contribution in [3.05, 3.63) is 35.9 Å². The third-order valence-electron chi connectivity index (χ3n) is 4.95. The molecule has 22 heavy (non-hydrogen) atoms. The van der Waals surface area contributed by atoms with E-state index in [1.54, 1.807) is 0 Å². The molecule has 1 aromatic carbocycles. The highest BCUT2D eigenvalue weighted by Gasteiger charge is 2.53. The highest BCUT2D eigenvalue weighted by atomic mass is 16.5. The lowest BCUT2D eigenvalue weighted by molar-refractivity contribution is -0.0533. The quantitative estimate of drug-likeness (QED) is 0.633. The highest BCUT2D eigenvalue weighted by Crippen LogP contribution is 2.44. The minimum Gasteiger partial charge on any atom is -0.377 e. The van der Waals surface area contributed by atoms with Crippen LogP contribution in [0.5, 0.6) is 0 Å². The number of methoxy groups -OCH3 is 1. The van der Waals surface area contributed by atoms with Crippen LogP contribution >= 0.6 is 0 Å². The fourth-order valence-electron chi connectivity index (χ4n) is 4.01. The Morgan fingerprint density at radius 1 is 1.05 bits per heavy atom. The second kappa shape index (κ2) is 7.14. The molecule has 1 aliphatic rings. The first-order valence-corrected chi connectivity index (χ1v) is 8.75. The molecule has 1 unspecified atom stereocenters. The van der Waals surface area contributed by atoms with Crippen molar-refractivity contribution in [3.63, 3.8) is 0 Å². The van der Waals surface area contributed by atoms with Crippen LogP contribution in [0.3, 0.4) is 0 Å². The first kappa shape index (κ1) is 17.5. The summed E-state index contributed by atoms with van der Waals surface area (Å²) >= 11 is 0. The van der Waals surface area contributed by atoms with Crippen LogP contribution in [0.1, 0.15) is 59.1 Å². The van der Waals surface area contributed by atoms with E-state index in [1.807, 2.05) is 7.11 Å². The van der Waals surface area contributed by atoms with E-state index in [0.717, 1.165) is 19.4 Å². The Hall–Kier alpha value is -0.860. The summed E-state index contributed by atoms with van der Waals surface area (Å²) < 4.78 is 6.16. The second-order valence-corrected chi connectivity index (χ2v) is 7.76. The van der Waals surface area contributed by atoms with Crippen molar-refractivity contribution in [1.29, 1.82) is 0 Å². The van der Waals surface area contributed by atoms with Gasteiger partial charge < -0.3 is 4.74 Å². The van der Waals surface area contributed by atoms with E-state index in [4.69, 9.17) is 4.74 Å². The first-order valence-electron chi connectivity index (χ1n) is 8.75. The fourth-order valence-corrected chi connectivity index (χ4v) is 4.01. The molecule has 1 heterocycles. The van der Waals surface area contributed by atoms with Crippen LogP contribution in [0.25, 0.3) is 0 Å². The Balaban J connectivity index is 2.13. The lowest BCUT2D eigenvalue weighted by Gasteiger charge is -2.37. The maximum absolute atomic E-state index is 6.16. The van der Waals surface area contributed by atoms with E-state index in [9.17, 15) is 0 Å². The second-order valence-electron chi connectivity index (χ2n) is 7.76. The monoisotopic (exact) mass is 303 g/mol. The molecule has 2 heteroatoms. The summed E-state index contributed by atoms with van der Waals surface area (Å²) in [7, 11) is 1.91. The fraction of sp³-hybridized carbons (Fsp3) is 0.700. The molecule has 0 bridgehead atoms. The van der Waals surface area contributed by atoms with Gasteiger partial charge in [0.1, 0.15) is 0 Å². The van der Waals surface area contributed by atoms with Gasteiger partial charge in [0.05, 0.1) is 11.6 Å². The Kier molecular flexibility index (Phi) is 5.68. The third kappa shape index (κ3) is 3.91. The van der Waals surface area contributed by atoms with Crippen molar-refractivity contribution in [2.75, 3.05) is 13.7 Å². The highest BCUT2D eigenvalue weighted by molar-refractivity contribution is 5.21. The molecule has 0 aromatic heterocycles. The summed E-state index contributed by atoms with van der Waals surface area (Å²) in [5.74, 6) is 1.32. The van der Waals surface area contributed by atoms with Gasteiger partial charge in [-0.2, -0.15) is 0 Å². The van der Waals surface area contributed by atoms with Gasteiger partial charge in [-0.25, -0.2) is 0 Å². The maximum Gasteiger partial charge on any atom is 0.0850 e. The van der Waals surface area contributed by atoms with Gasteiger partial charge in [0.25, 0.3) is 0 Å². The molecular formula is C20H33NO. The smallest absolute Gasteiger partial charge is 0.0850 e. The molecule has 0 amide bonds. The first-order chi connectivity index (χ1) is 10.4. The van der Waals surface area contributed by atoms with Crippen molar-refractivity contribution in [3.8, 4) is 0 Å². The van der Waals surface area contributed by atoms with Crippen molar-refractivity contribution < 1.29 is 4.74 Å². The minimum atomic E-state index is 0.00533. The molecule has 1 fully saturated rings. The van der Waals surface area contributed by atoms with E-state index in [-0.39, 0.29) is 5.60 Å². The van der Waals surface area contributed by atoms with Gasteiger partial charge in [-0.15, -0.1) is 0 Å². The molecule has 0 spiro atoms. The van der Waals surface area contributed by atoms with Crippen LogP contribution in [0.2, 0.25) is 0 Å². The molecule has 1 aliphatic heterocycles. The van der Waals surface area contributed by atoms with Crippen LogP contribution in [0.15, 0.2) is 30.3 Å². The normalized spacial score (nSPS) is 23.1. The van der Waals surface area contributed by atoms with Gasteiger partial charge in [-0.1, -0.05) is 58.0 Å². The molecular weight excluding hydrogens is 270 g/mol. The van der Waals surface area contributed by atoms with Crippen LogP contribution in [-0.2, 0) is 4.74 Å². The summed E-state index contributed by atoms with van der Waals surface area (Å²) in [6.07, 6.45) is 2.29. The molecule has 0 N–H and O–H groups in total. The average molecular weight is 303 g/mol. The standard InChI is InChI=1S/C20H33NO/c1-15(2)12-20(22-6,13-16(3)4)19-14-21(19)17(5)18-10-8-7-9-11-18/h7-11,15-17,19H,12-14H2,1-6H3/t17-,19+,21?/m1/s1. The van der Waals surface area contributed by atoms with Gasteiger partial charge in [0, 0.05) is 19.7 Å². The lowest BCUT2D eigenvalue weighted by atomic mass is 9.82. The summed E-state index contributed by atoms with van der Waals surface area (Å²) in [6.45, 7) is 12.7. The van der Waals surface area contributed by atoms with E-state index < -0.39 is 0 Å². The number of hydrogen-bond acceptors (Lipinski definition) is 2. The Morgan fingerprint density at radius 3 is 2.05 bits per heavy atom. The third-order valence-corrected chi connectivity index (χ3v) is 4.95. The van der Waals surface area contributed by atoms with Crippen molar-refractivity contribution >= 4 is 0 Å². The Labute approximate surface area is 136 Å². The number of nitrogens with zero attached hydrogens (tertiary/aromatic N) is 1. The van der Waals surface area contributed by atoms with E-state index >= 15 is 0 Å². The van der Waals surface area contributed by atoms with Gasteiger partial charge in [-0.3, -0.25) is 4.90 Å². The van der Waals surface area contributed by atoms with Gasteiger partial charge in [0.2, 0.25) is 0 Å². The summed E-state index contributed by atoms with van der Waals surface area (Å²) in [4.78, 5) is 2.60. The lowest BCUT2D eigenvalue weighted by Crippen LogP contribution is -2.42. The molecule has 3 atom stereocenters. The Morgan fingerprint density at radius 2 is 1.59 bits per heavy atom. The van der Waals surface area contributed by atoms with Crippen molar-refractivity contribution in [1.82, 2.24) is 4.90 Å². The predicted octanol–water partition coefficient (Wildman–Crippen LogP) is 4.91. The van der Waals surface area contributed by atoms with E-state index in [0.29, 0.717) is 23.9 Å². The zero-order chi connectivity index (χ0) is 16.3. The van der Waals surface area contributed by atoms with E-state index in [2.05, 4.69) is 69.9 Å². The molecule has 1 aromatic rings. The minimum absolute atomic E-state index is 0.00533. The summed E-state index contributed by atoms with van der Waals surface area (Å²) in [5, 5.41) is 0. The largest absolute Gasteiger partial charge is 0.377 e. The molecule has 2 nitrogen and oxygen atoms in total. The predicted molar refractivity (Wildman–Crippen MR) is 94.0 cm³/mol. The van der Waals surface area contributed by atoms with Gasteiger partial charge in [-0.05, 0) is 37.2 Å². The molecule has 2 rings (SSSR count). The number of benzene rings is 1. The zero-order valence-electron chi connectivity index (χ0n) is 15.2. The SMILES string of the molecule is COC(CC(C)C)(CC(C)C)[C@@H]1CN1[C@H](C)c1ccccc1. The maximum atomic E-state index is 6.16. The molecule has 0 radical (unpaired) electrons. The molecule has 0 saturated carbocycles. The number of rotatable bonds is 8. The molecule has 1 saturated heterocycles. The Bertz CT molecular complexity index is 444. The zero-order valence-corrected chi connectivity index (χ0v) is 15.2. The van der Waals surface area contributed by atoms with E-state index in [1.165, 1.54) is 5.56 Å². The van der Waals surface area contributed by atoms with Crippen molar-refractivity contribution in [2.24, 2.45) is 11.8 Å². The summed E-state index contributed by atoms with van der Waals surface area (Å²) in [5.41, 5.74) is 1.41. The average Bonchev–Trinajstić information content (AvgIpc) is 3.26. The van der Waals surface area contributed by atoms with Crippen LogP contribution < -0.4 is 0 Å². The summed E-state index contributed by atoms with van der Waals surface area (Å²) in [6, 6.07) is 11.9.